The van der Waals surface area contributed by atoms with Crippen molar-refractivity contribution in [3.8, 4) is 0 Å². The van der Waals surface area contributed by atoms with Crippen LogP contribution in [0.1, 0.15) is 51.0 Å². The van der Waals surface area contributed by atoms with Crippen molar-refractivity contribution in [2.45, 2.75) is 63.6 Å². The molecule has 1 aromatic rings. The average molecular weight is 358 g/mol. The molecule has 25 heavy (non-hydrogen) atoms. The van der Waals surface area contributed by atoms with Gasteiger partial charge in [-0.05, 0) is 56.6 Å². The van der Waals surface area contributed by atoms with Gasteiger partial charge in [-0.25, -0.2) is 0 Å². The lowest BCUT2D eigenvalue weighted by Crippen LogP contribution is -2.46. The second-order valence-electron chi connectivity index (χ2n) is 8.33. The van der Waals surface area contributed by atoms with Gasteiger partial charge in [0, 0.05) is 24.4 Å². The minimum absolute atomic E-state index is 0.356. The molecule has 3 nitrogen and oxygen atoms in total. The molecule has 1 saturated carbocycles. The third-order valence-electron chi connectivity index (χ3n) is 6.12. The summed E-state index contributed by atoms with van der Waals surface area (Å²) in [6.45, 7) is 5.77. The number of benzene rings is 1. The first-order chi connectivity index (χ1) is 12.2. The van der Waals surface area contributed by atoms with Crippen molar-refractivity contribution in [2.24, 2.45) is 10.9 Å². The highest BCUT2D eigenvalue weighted by Gasteiger charge is 2.39. The van der Waals surface area contributed by atoms with Crippen LogP contribution in [0.4, 0.5) is 0 Å². The Morgan fingerprint density at radius 2 is 2.00 bits per heavy atom. The number of likely N-dealkylation sites (tertiary alicyclic amines) is 1. The quantitative estimate of drug-likeness (QED) is 0.874. The van der Waals surface area contributed by atoms with E-state index in [0.29, 0.717) is 11.6 Å². The monoisotopic (exact) mass is 357 g/mol. The Kier molecular flexibility index (Phi) is 5.37. The van der Waals surface area contributed by atoms with Crippen molar-refractivity contribution in [2.75, 3.05) is 18.8 Å². The standard InChI is InChI=1S/C21H31N3S/c1-17-9-11-21(12-10-17)16-25-20(23-21)22-19-8-5-13-24(15-19)14-18-6-3-2-4-7-18/h2-4,6-7,17,19H,5,8-16H2,1H3,(H,22,23). The minimum atomic E-state index is 0.356. The zero-order valence-corrected chi connectivity index (χ0v) is 16.2. The topological polar surface area (TPSA) is 27.6 Å². The lowest BCUT2D eigenvalue weighted by Gasteiger charge is -2.36. The highest BCUT2D eigenvalue weighted by Crippen LogP contribution is 2.38. The summed E-state index contributed by atoms with van der Waals surface area (Å²) in [4.78, 5) is 7.70. The predicted octanol–water partition coefficient (Wildman–Crippen LogP) is 4.29. The smallest absolute Gasteiger partial charge is 0.157 e. The van der Waals surface area contributed by atoms with Crippen molar-refractivity contribution in [1.82, 2.24) is 10.2 Å². The van der Waals surface area contributed by atoms with Crippen LogP contribution in [0.15, 0.2) is 35.3 Å². The molecule has 3 fully saturated rings. The molecule has 3 aliphatic rings. The maximum absolute atomic E-state index is 5.12. The molecule has 1 N–H and O–H groups in total. The number of hydrogen-bond acceptors (Lipinski definition) is 3. The van der Waals surface area contributed by atoms with Gasteiger partial charge < -0.3 is 5.32 Å². The Balaban J connectivity index is 1.33. The maximum atomic E-state index is 5.12. The Labute approximate surface area is 156 Å². The molecule has 1 aliphatic carbocycles. The van der Waals surface area contributed by atoms with E-state index in [2.05, 4.69) is 47.5 Å². The van der Waals surface area contributed by atoms with E-state index in [9.17, 15) is 0 Å². The van der Waals surface area contributed by atoms with Crippen molar-refractivity contribution in [3.63, 3.8) is 0 Å². The zero-order valence-electron chi connectivity index (χ0n) is 15.4. The maximum Gasteiger partial charge on any atom is 0.157 e. The highest BCUT2D eigenvalue weighted by molar-refractivity contribution is 8.14. The van der Waals surface area contributed by atoms with Gasteiger partial charge in [-0.3, -0.25) is 9.89 Å². The van der Waals surface area contributed by atoms with Crippen LogP contribution in [0.5, 0.6) is 0 Å². The average Bonchev–Trinajstić information content (AvgIpc) is 3.02. The largest absolute Gasteiger partial charge is 0.359 e. The van der Waals surface area contributed by atoms with Crippen molar-refractivity contribution >= 4 is 16.9 Å². The Bertz CT molecular complexity index is 592. The fourth-order valence-corrected chi connectivity index (χ4v) is 5.73. The van der Waals surface area contributed by atoms with Gasteiger partial charge >= 0.3 is 0 Å². The number of amidine groups is 1. The zero-order chi connectivity index (χ0) is 17.1. The fourth-order valence-electron chi connectivity index (χ4n) is 4.45. The third kappa shape index (κ3) is 4.40. The molecule has 136 valence electrons. The van der Waals surface area contributed by atoms with Gasteiger partial charge in [0.15, 0.2) is 5.17 Å². The van der Waals surface area contributed by atoms with Crippen LogP contribution in [-0.2, 0) is 6.54 Å². The Morgan fingerprint density at radius 3 is 2.80 bits per heavy atom. The number of aliphatic imine (C=N–C) groups is 1. The lowest BCUT2D eigenvalue weighted by molar-refractivity contribution is 0.202. The van der Waals surface area contributed by atoms with Gasteiger partial charge in [0.1, 0.15) is 0 Å². The summed E-state index contributed by atoms with van der Waals surface area (Å²) in [7, 11) is 0. The molecule has 1 spiro atoms. The third-order valence-corrected chi connectivity index (χ3v) is 7.30. The van der Waals surface area contributed by atoms with E-state index in [1.165, 1.54) is 61.6 Å². The second-order valence-corrected chi connectivity index (χ2v) is 9.29. The summed E-state index contributed by atoms with van der Waals surface area (Å²) in [5.41, 5.74) is 1.77. The number of nitrogens with one attached hydrogen (secondary N) is 1. The van der Waals surface area contributed by atoms with Gasteiger partial charge in [-0.15, -0.1) is 0 Å². The van der Waals surface area contributed by atoms with E-state index < -0.39 is 0 Å². The van der Waals surface area contributed by atoms with E-state index >= 15 is 0 Å². The van der Waals surface area contributed by atoms with E-state index in [0.717, 1.165) is 19.0 Å². The summed E-state index contributed by atoms with van der Waals surface area (Å²) in [6.07, 6.45) is 7.89. The second kappa shape index (κ2) is 7.71. The van der Waals surface area contributed by atoms with Crippen LogP contribution in [0.25, 0.3) is 0 Å². The minimum Gasteiger partial charge on any atom is -0.359 e. The van der Waals surface area contributed by atoms with Crippen molar-refractivity contribution in [1.29, 1.82) is 0 Å². The normalized spacial score (nSPS) is 35.2. The lowest BCUT2D eigenvalue weighted by atomic mass is 9.78. The van der Waals surface area contributed by atoms with Gasteiger partial charge in [0.25, 0.3) is 0 Å². The van der Waals surface area contributed by atoms with Gasteiger partial charge in [0.05, 0.1) is 6.04 Å². The molecule has 1 aromatic carbocycles. The van der Waals surface area contributed by atoms with Crippen LogP contribution in [0.2, 0.25) is 0 Å². The summed E-state index contributed by atoms with van der Waals surface area (Å²) < 4.78 is 0. The fraction of sp³-hybridized carbons (Fsp3) is 0.667. The van der Waals surface area contributed by atoms with Gasteiger partial charge in [0.2, 0.25) is 0 Å². The Morgan fingerprint density at radius 1 is 1.20 bits per heavy atom. The first kappa shape index (κ1) is 17.4. The Hall–Kier alpha value is -1.00. The molecular weight excluding hydrogens is 326 g/mol. The van der Waals surface area contributed by atoms with E-state index in [1.54, 1.807) is 0 Å². The molecule has 0 amide bonds. The molecule has 0 radical (unpaired) electrons. The first-order valence-corrected chi connectivity index (χ1v) is 10.9. The molecule has 1 unspecified atom stereocenters. The van der Waals surface area contributed by atoms with Gasteiger partial charge in [-0.2, -0.15) is 0 Å². The number of rotatable bonds is 3. The molecule has 0 aromatic heterocycles. The van der Waals surface area contributed by atoms with Crippen LogP contribution < -0.4 is 5.32 Å². The van der Waals surface area contributed by atoms with E-state index in [4.69, 9.17) is 4.99 Å². The SMILES string of the molecule is CC1CCC2(CC1)CSC(=NC1CCCN(Cc3ccccc3)C1)N2. The highest BCUT2D eigenvalue weighted by atomic mass is 32.2. The van der Waals surface area contributed by atoms with E-state index in [-0.39, 0.29) is 0 Å². The van der Waals surface area contributed by atoms with E-state index in [1.807, 2.05) is 11.8 Å². The number of nitrogens with zero attached hydrogens (tertiary/aromatic N) is 2. The van der Waals surface area contributed by atoms with Crippen LogP contribution in [0.3, 0.4) is 0 Å². The predicted molar refractivity (Wildman–Crippen MR) is 108 cm³/mol. The molecule has 1 atom stereocenters. The summed E-state index contributed by atoms with van der Waals surface area (Å²) in [5.74, 6) is 2.13. The molecule has 2 aliphatic heterocycles. The van der Waals surface area contributed by atoms with Crippen LogP contribution in [0, 0.1) is 5.92 Å². The molecule has 0 bridgehead atoms. The molecule has 2 saturated heterocycles. The molecule has 4 heteroatoms. The van der Waals surface area contributed by atoms with Crippen molar-refractivity contribution < 1.29 is 0 Å². The number of piperidine rings is 1. The van der Waals surface area contributed by atoms with Gasteiger partial charge in [-0.1, -0.05) is 49.0 Å². The summed E-state index contributed by atoms with van der Waals surface area (Å²) in [5, 5.41) is 5.06. The summed E-state index contributed by atoms with van der Waals surface area (Å²) in [6, 6.07) is 11.3. The number of hydrogen-bond donors (Lipinski definition) is 1. The van der Waals surface area contributed by atoms with Crippen LogP contribution >= 0.6 is 11.8 Å². The summed E-state index contributed by atoms with van der Waals surface area (Å²) >= 11 is 1.97. The van der Waals surface area contributed by atoms with Crippen molar-refractivity contribution in [3.05, 3.63) is 35.9 Å². The molecule has 2 heterocycles. The first-order valence-electron chi connectivity index (χ1n) is 9.96. The number of thioether (sulfide) groups is 1. The molecule has 4 rings (SSSR count). The molecular formula is C21H31N3S. The van der Waals surface area contributed by atoms with Crippen LogP contribution in [-0.4, -0.2) is 40.5 Å².